The van der Waals surface area contributed by atoms with E-state index in [2.05, 4.69) is 11.9 Å². The quantitative estimate of drug-likeness (QED) is 0.910. The first kappa shape index (κ1) is 12.5. The molecule has 1 heterocycles. The largest absolute Gasteiger partial charge is 0.481 e. The van der Waals surface area contributed by atoms with Crippen LogP contribution in [-0.2, 0) is 4.79 Å². The van der Waals surface area contributed by atoms with E-state index in [1.165, 1.54) is 0 Å². The van der Waals surface area contributed by atoms with Gasteiger partial charge in [0.15, 0.2) is 11.5 Å². The molecule has 4 nitrogen and oxygen atoms in total. The maximum atomic E-state index is 11.3. The number of para-hydroxylation sites is 1. The Balaban J connectivity index is 2.04. The summed E-state index contributed by atoms with van der Waals surface area (Å²) in [6, 6.07) is 5.37. The van der Waals surface area contributed by atoms with Gasteiger partial charge in [0.2, 0.25) is 0 Å². The lowest BCUT2D eigenvalue weighted by Crippen LogP contribution is -2.17. The Bertz CT molecular complexity index is 637. The highest BCUT2D eigenvalue weighted by atomic mass is 35.5. The smallest absolute Gasteiger partial charge is 0.307 e. The van der Waals surface area contributed by atoms with E-state index in [1.54, 1.807) is 6.07 Å². The third-order valence-electron chi connectivity index (χ3n) is 3.82. The van der Waals surface area contributed by atoms with Gasteiger partial charge in [0, 0.05) is 5.92 Å². The van der Waals surface area contributed by atoms with Crippen LogP contribution in [0.5, 0.6) is 0 Å². The Kier molecular flexibility index (Phi) is 2.97. The molecule has 0 spiro atoms. The first-order valence-corrected chi connectivity index (χ1v) is 6.72. The molecule has 3 unspecified atom stereocenters. The number of carboxylic acids is 1. The molecule has 100 valence electrons. The topological polar surface area (TPSA) is 63.3 Å². The predicted molar refractivity (Wildman–Crippen MR) is 71.3 cm³/mol. The second kappa shape index (κ2) is 4.53. The van der Waals surface area contributed by atoms with Crippen LogP contribution in [0.4, 0.5) is 0 Å². The molecular formula is C14H14ClNO3. The molecule has 19 heavy (non-hydrogen) atoms. The maximum Gasteiger partial charge on any atom is 0.307 e. The zero-order valence-corrected chi connectivity index (χ0v) is 11.2. The molecule has 0 bridgehead atoms. The van der Waals surface area contributed by atoms with Crippen LogP contribution in [0.1, 0.15) is 31.6 Å². The van der Waals surface area contributed by atoms with Gasteiger partial charge in [-0.15, -0.1) is 0 Å². The molecule has 0 aliphatic heterocycles. The number of aromatic nitrogens is 1. The molecule has 0 radical (unpaired) electrons. The molecule has 5 heteroatoms. The van der Waals surface area contributed by atoms with Crippen LogP contribution < -0.4 is 0 Å². The number of carbonyl (C=O) groups is 1. The minimum atomic E-state index is -0.775. The summed E-state index contributed by atoms with van der Waals surface area (Å²) in [5, 5.41) is 9.81. The second-order valence-electron chi connectivity index (χ2n) is 5.27. The lowest BCUT2D eigenvalue weighted by molar-refractivity contribution is -0.142. The summed E-state index contributed by atoms with van der Waals surface area (Å²) in [6.07, 6.45) is 1.47. The van der Waals surface area contributed by atoms with Crippen molar-refractivity contribution in [2.45, 2.75) is 25.7 Å². The van der Waals surface area contributed by atoms with Gasteiger partial charge in [0.1, 0.15) is 5.52 Å². The average molecular weight is 280 g/mol. The minimum Gasteiger partial charge on any atom is -0.481 e. The van der Waals surface area contributed by atoms with Crippen LogP contribution in [0, 0.1) is 11.8 Å². The van der Waals surface area contributed by atoms with Crippen LogP contribution in [0.2, 0.25) is 5.02 Å². The molecular weight excluding hydrogens is 266 g/mol. The fourth-order valence-electron chi connectivity index (χ4n) is 2.93. The number of benzene rings is 1. The number of halogens is 1. The van der Waals surface area contributed by atoms with Crippen LogP contribution in [-0.4, -0.2) is 16.1 Å². The van der Waals surface area contributed by atoms with Crippen molar-refractivity contribution in [1.82, 2.24) is 4.98 Å². The Morgan fingerprint density at radius 2 is 2.26 bits per heavy atom. The molecule has 1 N–H and O–H groups in total. The molecule has 1 fully saturated rings. The van der Waals surface area contributed by atoms with Gasteiger partial charge >= 0.3 is 5.97 Å². The first-order valence-electron chi connectivity index (χ1n) is 6.34. The zero-order chi connectivity index (χ0) is 13.6. The van der Waals surface area contributed by atoms with Crippen molar-refractivity contribution in [2.24, 2.45) is 11.8 Å². The zero-order valence-electron chi connectivity index (χ0n) is 10.5. The Hall–Kier alpha value is -1.55. The van der Waals surface area contributed by atoms with Crippen LogP contribution in [0.3, 0.4) is 0 Å². The summed E-state index contributed by atoms with van der Waals surface area (Å²) in [5.41, 5.74) is 1.23. The second-order valence-corrected chi connectivity index (χ2v) is 5.68. The molecule has 3 atom stereocenters. The lowest BCUT2D eigenvalue weighted by Gasteiger charge is -2.10. The van der Waals surface area contributed by atoms with Gasteiger partial charge in [0.25, 0.3) is 0 Å². The first-order chi connectivity index (χ1) is 9.06. The Morgan fingerprint density at radius 1 is 1.47 bits per heavy atom. The van der Waals surface area contributed by atoms with Gasteiger partial charge in [-0.3, -0.25) is 4.79 Å². The van der Waals surface area contributed by atoms with Crippen molar-refractivity contribution < 1.29 is 14.3 Å². The van der Waals surface area contributed by atoms with E-state index in [0.717, 1.165) is 6.42 Å². The number of carboxylic acid groups (broad SMARTS) is 1. The number of hydrogen-bond donors (Lipinski definition) is 1. The fraction of sp³-hybridized carbons (Fsp3) is 0.429. The number of oxazole rings is 1. The molecule has 1 aromatic heterocycles. The summed E-state index contributed by atoms with van der Waals surface area (Å²) >= 11 is 6.05. The molecule has 1 saturated carbocycles. The highest BCUT2D eigenvalue weighted by Crippen LogP contribution is 2.43. The van der Waals surface area contributed by atoms with Crippen molar-refractivity contribution in [2.75, 3.05) is 0 Å². The molecule has 1 aromatic carbocycles. The normalized spacial score (nSPS) is 26.9. The van der Waals surface area contributed by atoms with Crippen molar-refractivity contribution in [1.29, 1.82) is 0 Å². The third-order valence-corrected chi connectivity index (χ3v) is 4.11. The van der Waals surface area contributed by atoms with Gasteiger partial charge in [-0.1, -0.05) is 24.6 Å². The Labute approximate surface area is 115 Å². The van der Waals surface area contributed by atoms with Crippen LogP contribution in [0.25, 0.3) is 11.1 Å². The molecule has 0 saturated heterocycles. The molecule has 1 aliphatic carbocycles. The van der Waals surface area contributed by atoms with Crippen molar-refractivity contribution in [3.63, 3.8) is 0 Å². The molecule has 1 aliphatic rings. The monoisotopic (exact) mass is 279 g/mol. The highest BCUT2D eigenvalue weighted by molar-refractivity contribution is 6.34. The number of aliphatic carboxylic acids is 1. The third kappa shape index (κ3) is 2.10. The number of nitrogens with zero attached hydrogens (tertiary/aromatic N) is 1. The van der Waals surface area contributed by atoms with E-state index in [1.807, 2.05) is 12.1 Å². The van der Waals surface area contributed by atoms with E-state index in [4.69, 9.17) is 16.0 Å². The van der Waals surface area contributed by atoms with Gasteiger partial charge in [-0.2, -0.15) is 0 Å². The molecule has 0 amide bonds. The summed E-state index contributed by atoms with van der Waals surface area (Å²) in [4.78, 5) is 15.7. The molecule has 2 aromatic rings. The fourth-order valence-corrected chi connectivity index (χ4v) is 3.14. The number of fused-ring (bicyclic) bond motifs is 1. The summed E-state index contributed by atoms with van der Waals surface area (Å²) < 4.78 is 5.71. The van der Waals surface area contributed by atoms with E-state index in [-0.39, 0.29) is 5.92 Å². The van der Waals surface area contributed by atoms with E-state index >= 15 is 0 Å². The average Bonchev–Trinajstić information content (AvgIpc) is 2.93. The van der Waals surface area contributed by atoms with Gasteiger partial charge < -0.3 is 9.52 Å². The predicted octanol–water partition coefficient (Wildman–Crippen LogP) is 3.70. The Morgan fingerprint density at radius 3 is 2.95 bits per heavy atom. The number of hydrogen-bond acceptors (Lipinski definition) is 3. The lowest BCUT2D eigenvalue weighted by atomic mass is 9.96. The SMILES string of the molecule is CC1CC(C(=O)O)C(c2nc3cccc(Cl)c3o2)C1. The van der Waals surface area contributed by atoms with Crippen LogP contribution in [0.15, 0.2) is 22.6 Å². The van der Waals surface area contributed by atoms with E-state index < -0.39 is 11.9 Å². The van der Waals surface area contributed by atoms with Gasteiger partial charge in [-0.05, 0) is 30.9 Å². The highest BCUT2D eigenvalue weighted by Gasteiger charge is 2.40. The standard InChI is InChI=1S/C14H14ClNO3/c1-7-5-8(9(6-7)14(17)18)13-16-11-4-2-3-10(15)12(11)19-13/h2-4,7-9H,5-6H2,1H3,(H,17,18). The van der Waals surface area contributed by atoms with Gasteiger partial charge in [-0.25, -0.2) is 4.98 Å². The van der Waals surface area contributed by atoms with E-state index in [0.29, 0.717) is 34.4 Å². The van der Waals surface area contributed by atoms with Gasteiger partial charge in [0.05, 0.1) is 10.9 Å². The maximum absolute atomic E-state index is 11.3. The number of rotatable bonds is 2. The summed E-state index contributed by atoms with van der Waals surface area (Å²) in [5.74, 6) is -0.475. The summed E-state index contributed by atoms with van der Waals surface area (Å²) in [7, 11) is 0. The van der Waals surface area contributed by atoms with Crippen LogP contribution >= 0.6 is 11.6 Å². The molecule has 3 rings (SSSR count). The van der Waals surface area contributed by atoms with E-state index in [9.17, 15) is 9.90 Å². The minimum absolute atomic E-state index is 0.157. The van der Waals surface area contributed by atoms with Crippen molar-refractivity contribution in [3.8, 4) is 0 Å². The van der Waals surface area contributed by atoms with Crippen molar-refractivity contribution >= 4 is 28.7 Å². The van der Waals surface area contributed by atoms with Crippen molar-refractivity contribution in [3.05, 3.63) is 29.1 Å². The summed E-state index contributed by atoms with van der Waals surface area (Å²) in [6.45, 7) is 2.06.